The molecular weight excluding hydrogens is 475 g/mol. The number of likely N-dealkylation sites (tertiary alicyclic amines) is 1. The molecule has 0 aromatic heterocycles. The lowest BCUT2D eigenvalue weighted by Gasteiger charge is -2.24. The van der Waals surface area contributed by atoms with Gasteiger partial charge in [-0.05, 0) is 31.2 Å². The Morgan fingerprint density at radius 3 is 2.40 bits per heavy atom. The van der Waals surface area contributed by atoms with Gasteiger partial charge in [-0.3, -0.25) is 4.79 Å². The van der Waals surface area contributed by atoms with Crippen LogP contribution in [-0.2, 0) is 30.5 Å². The highest BCUT2D eigenvalue weighted by atomic mass is 19.4. The molecule has 1 saturated heterocycles. The molecule has 0 bridgehead atoms. The number of methoxy groups -OCH3 is 1. The molecule has 196 valence electrons. The van der Waals surface area contributed by atoms with Crippen LogP contribution in [0.3, 0.4) is 0 Å². The Kier molecular flexibility index (Phi) is 12.6. The fraction of sp³-hybridized carbons (Fsp3) is 0.545. The quantitative estimate of drug-likeness (QED) is 0.358. The lowest BCUT2D eigenvalue weighted by molar-refractivity contribution is -0.407. The summed E-state index contributed by atoms with van der Waals surface area (Å²) >= 11 is 0. The number of amides is 2. The fourth-order valence-corrected chi connectivity index (χ4v) is 3.25. The Morgan fingerprint density at radius 2 is 1.83 bits per heavy atom. The summed E-state index contributed by atoms with van der Waals surface area (Å²) in [7, 11) is 1.34. The maximum Gasteiger partial charge on any atom is 0.430 e. The van der Waals surface area contributed by atoms with E-state index in [1.165, 1.54) is 7.11 Å². The van der Waals surface area contributed by atoms with E-state index in [0.717, 1.165) is 24.8 Å². The van der Waals surface area contributed by atoms with Crippen LogP contribution in [0.2, 0.25) is 0 Å². The first-order valence-corrected chi connectivity index (χ1v) is 10.9. The van der Waals surface area contributed by atoms with Crippen LogP contribution in [0.15, 0.2) is 30.3 Å². The topological polar surface area (TPSA) is 153 Å². The number of benzene rings is 1. The van der Waals surface area contributed by atoms with Crippen molar-refractivity contribution in [1.29, 1.82) is 0 Å². The van der Waals surface area contributed by atoms with E-state index in [-0.39, 0.29) is 18.5 Å². The van der Waals surface area contributed by atoms with E-state index in [1.54, 1.807) is 4.90 Å². The van der Waals surface area contributed by atoms with Gasteiger partial charge >= 0.3 is 18.2 Å². The molecule has 2 atom stereocenters. The maximum absolute atomic E-state index is 12.5. The molecule has 2 amide bonds. The molecule has 2 unspecified atom stereocenters. The molecule has 35 heavy (non-hydrogen) atoms. The number of carboxylic acid groups (broad SMARTS) is 1. The van der Waals surface area contributed by atoms with Crippen LogP contribution in [0, 0.1) is 0 Å². The second kappa shape index (κ2) is 14.8. The van der Waals surface area contributed by atoms with Crippen molar-refractivity contribution >= 4 is 23.9 Å². The zero-order valence-electron chi connectivity index (χ0n) is 19.3. The zero-order chi connectivity index (χ0) is 26.4. The number of alkyl halides is 3. The number of carbonyl (C=O) groups is 4. The first-order chi connectivity index (χ1) is 16.5. The Balaban J connectivity index is 0.000000762. The number of carbonyl (C=O) groups excluding carboxylic acids is 4. The number of rotatable bonds is 9. The van der Waals surface area contributed by atoms with Gasteiger partial charge in [-0.2, -0.15) is 13.2 Å². The molecule has 13 heteroatoms. The number of hydrogen-bond donors (Lipinski definition) is 2. The summed E-state index contributed by atoms with van der Waals surface area (Å²) in [6.07, 6.45) is -2.14. The first kappa shape index (κ1) is 29.7. The van der Waals surface area contributed by atoms with Gasteiger partial charge in [-0.25, -0.2) is 9.59 Å². The molecule has 1 fully saturated rings. The monoisotopic (exact) mass is 505 g/mol. The molecule has 0 radical (unpaired) electrons. The van der Waals surface area contributed by atoms with Crippen molar-refractivity contribution in [3.63, 3.8) is 0 Å². The van der Waals surface area contributed by atoms with Gasteiger partial charge in [0.2, 0.25) is 0 Å². The minimum Gasteiger partial charge on any atom is -0.542 e. The second-order valence-corrected chi connectivity index (χ2v) is 7.68. The van der Waals surface area contributed by atoms with E-state index < -0.39 is 30.3 Å². The third-order valence-electron chi connectivity index (χ3n) is 5.05. The van der Waals surface area contributed by atoms with Crippen molar-refractivity contribution in [3.8, 4) is 0 Å². The average molecular weight is 505 g/mol. The van der Waals surface area contributed by atoms with Crippen molar-refractivity contribution in [3.05, 3.63) is 35.9 Å². The lowest BCUT2D eigenvalue weighted by atomic mass is 10.1. The number of alkyl carbamates (subject to hydrolysis) is 1. The van der Waals surface area contributed by atoms with Crippen LogP contribution in [0.4, 0.5) is 18.0 Å². The summed E-state index contributed by atoms with van der Waals surface area (Å²) < 4.78 is 41.5. The Morgan fingerprint density at radius 1 is 1.20 bits per heavy atom. The highest BCUT2D eigenvalue weighted by Crippen LogP contribution is 2.19. The summed E-state index contributed by atoms with van der Waals surface area (Å²) in [5.74, 6) is -3.48. The molecule has 0 saturated carbocycles. The number of ether oxygens (including phenoxy) is 2. The smallest absolute Gasteiger partial charge is 0.430 e. The standard InChI is InChI=1S/C20H29N3O5.C2HF3O2/c1-27-19(25)17-11-7-13-23(17)18(24)16(21)10-5-6-12-22-20(26)28-14-15-8-3-2-4-9-15;3-2(4,5)1(6)7/h2-4,8-9,16-17H,5-7,10-14,21H2,1H3,(H,22,26);(H,6,7). The van der Waals surface area contributed by atoms with Crippen LogP contribution < -0.4 is 16.2 Å². The van der Waals surface area contributed by atoms with Crippen molar-refractivity contribution in [2.45, 2.75) is 57.0 Å². The third kappa shape index (κ3) is 11.1. The highest BCUT2D eigenvalue weighted by molar-refractivity contribution is 5.87. The summed E-state index contributed by atoms with van der Waals surface area (Å²) in [5.41, 5.74) is 4.88. The van der Waals surface area contributed by atoms with Crippen LogP contribution in [-0.4, -0.2) is 67.3 Å². The number of nitrogens with zero attached hydrogens (tertiary/aromatic N) is 1. The maximum atomic E-state index is 12.5. The number of esters is 1. The molecule has 1 aliphatic rings. The van der Waals surface area contributed by atoms with E-state index in [2.05, 4.69) is 11.1 Å². The zero-order valence-corrected chi connectivity index (χ0v) is 19.3. The minimum atomic E-state index is -5.19. The van der Waals surface area contributed by atoms with Crippen molar-refractivity contribution < 1.29 is 52.7 Å². The lowest BCUT2D eigenvalue weighted by Crippen LogP contribution is -2.68. The number of hydrogen-bond acceptors (Lipinski definition) is 7. The number of carboxylic acids is 1. The Hall–Kier alpha value is -3.35. The molecule has 0 aliphatic carbocycles. The number of quaternary nitrogens is 1. The fourth-order valence-electron chi connectivity index (χ4n) is 3.25. The van der Waals surface area contributed by atoms with Gasteiger partial charge in [-0.15, -0.1) is 0 Å². The number of aliphatic carboxylic acids is 1. The van der Waals surface area contributed by atoms with Crippen molar-refractivity contribution in [2.75, 3.05) is 20.2 Å². The van der Waals surface area contributed by atoms with Gasteiger partial charge in [0, 0.05) is 19.5 Å². The molecule has 2 rings (SSSR count). The normalized spacial score (nSPS) is 15.9. The number of halogens is 3. The van der Waals surface area contributed by atoms with Gasteiger partial charge in [0.15, 0.2) is 6.04 Å². The molecule has 1 aliphatic heterocycles. The highest BCUT2D eigenvalue weighted by Gasteiger charge is 2.37. The van der Waals surface area contributed by atoms with E-state index in [0.29, 0.717) is 25.9 Å². The van der Waals surface area contributed by atoms with Crippen LogP contribution in [0.5, 0.6) is 0 Å². The van der Waals surface area contributed by atoms with E-state index in [4.69, 9.17) is 19.4 Å². The van der Waals surface area contributed by atoms with Crippen LogP contribution in [0.1, 0.15) is 37.7 Å². The molecule has 1 aromatic rings. The molecule has 1 heterocycles. The molecule has 10 nitrogen and oxygen atoms in total. The summed E-state index contributed by atoms with van der Waals surface area (Å²) in [4.78, 5) is 46.3. The summed E-state index contributed by atoms with van der Waals surface area (Å²) in [6, 6.07) is 8.58. The number of unbranched alkanes of at least 4 members (excludes halogenated alkanes) is 1. The van der Waals surface area contributed by atoms with Gasteiger partial charge < -0.3 is 35.3 Å². The first-order valence-electron chi connectivity index (χ1n) is 10.9. The Bertz CT molecular complexity index is 837. The van der Waals surface area contributed by atoms with Gasteiger partial charge in [0.1, 0.15) is 18.6 Å². The second-order valence-electron chi connectivity index (χ2n) is 7.68. The van der Waals surface area contributed by atoms with Gasteiger partial charge in [0.05, 0.1) is 7.11 Å². The molecule has 1 aromatic carbocycles. The van der Waals surface area contributed by atoms with Gasteiger partial charge in [0.25, 0.3) is 5.91 Å². The van der Waals surface area contributed by atoms with Crippen LogP contribution in [0.25, 0.3) is 0 Å². The van der Waals surface area contributed by atoms with Gasteiger partial charge in [-0.1, -0.05) is 30.3 Å². The minimum absolute atomic E-state index is 0.108. The summed E-state index contributed by atoms with van der Waals surface area (Å²) in [6.45, 7) is 1.28. The predicted octanol–water partition coefficient (Wildman–Crippen LogP) is 0.156. The molecule has 4 N–H and O–H groups in total. The third-order valence-corrected chi connectivity index (χ3v) is 5.05. The van der Waals surface area contributed by atoms with Crippen LogP contribution >= 0.6 is 0 Å². The van der Waals surface area contributed by atoms with E-state index >= 15 is 0 Å². The Labute approximate surface area is 200 Å². The van der Waals surface area contributed by atoms with Crippen molar-refractivity contribution in [1.82, 2.24) is 10.2 Å². The average Bonchev–Trinajstić information content (AvgIpc) is 3.31. The van der Waals surface area contributed by atoms with Crippen molar-refractivity contribution in [2.24, 2.45) is 0 Å². The predicted molar refractivity (Wildman–Crippen MR) is 113 cm³/mol. The largest absolute Gasteiger partial charge is 0.542 e. The molecule has 0 spiro atoms. The van der Waals surface area contributed by atoms with E-state index in [1.807, 2.05) is 30.3 Å². The molecular formula is C22H30F3N3O7. The number of nitrogens with one attached hydrogen (secondary N) is 1. The SMILES string of the molecule is COC(=O)C1CCCN1C(=O)C([NH3+])CCCCNC(=O)OCc1ccccc1.O=C([O-])C(F)(F)F. The summed E-state index contributed by atoms with van der Waals surface area (Å²) in [5, 5.41) is 11.5. The van der Waals surface area contributed by atoms with E-state index in [9.17, 15) is 27.6 Å².